The van der Waals surface area contributed by atoms with Gasteiger partial charge in [-0.2, -0.15) is 0 Å². The Kier molecular flexibility index (Phi) is 1.72. The van der Waals surface area contributed by atoms with Gasteiger partial charge < -0.3 is 10.1 Å². The Labute approximate surface area is 75.0 Å². The quantitative estimate of drug-likeness (QED) is 0.693. The molecule has 0 aliphatic rings. The van der Waals surface area contributed by atoms with Crippen LogP contribution in [0.5, 0.6) is 5.75 Å². The molecule has 13 heavy (non-hydrogen) atoms. The summed E-state index contributed by atoms with van der Waals surface area (Å²) in [6.45, 7) is 1.95. The summed E-state index contributed by atoms with van der Waals surface area (Å²) in [5.41, 5.74) is 1.38. The van der Waals surface area contributed by atoms with Gasteiger partial charge in [0.25, 0.3) is 0 Å². The molecule has 1 aromatic heterocycles. The van der Waals surface area contributed by atoms with Crippen molar-refractivity contribution in [1.82, 2.24) is 4.98 Å². The number of hydrogen-bond donors (Lipinski definition) is 2. The molecule has 3 heteroatoms. The van der Waals surface area contributed by atoms with Crippen molar-refractivity contribution in [3.8, 4) is 5.75 Å². The zero-order valence-corrected chi connectivity index (χ0v) is 7.26. The molecule has 2 N–H and O–H groups in total. The molecule has 0 fully saturated rings. The zero-order chi connectivity index (χ0) is 9.42. The van der Waals surface area contributed by atoms with Crippen LogP contribution in [0.1, 0.15) is 12.5 Å². The lowest BCUT2D eigenvalue weighted by Crippen LogP contribution is -1.81. The molecule has 68 valence electrons. The first-order valence-electron chi connectivity index (χ1n) is 4.21. The van der Waals surface area contributed by atoms with Crippen LogP contribution in [0.2, 0.25) is 0 Å². The highest BCUT2D eigenvalue weighted by Gasteiger charge is 2.10. The van der Waals surface area contributed by atoms with Crippen molar-refractivity contribution in [2.24, 2.45) is 0 Å². The summed E-state index contributed by atoms with van der Waals surface area (Å²) >= 11 is 0. The van der Waals surface area contributed by atoms with Crippen LogP contribution in [0.4, 0.5) is 4.39 Å². The molecule has 0 atom stereocenters. The first kappa shape index (κ1) is 8.10. The Balaban J connectivity index is 2.87. The monoisotopic (exact) mass is 179 g/mol. The molecule has 0 saturated heterocycles. The highest BCUT2D eigenvalue weighted by Crippen LogP contribution is 2.28. The Bertz CT molecular complexity index is 447. The van der Waals surface area contributed by atoms with Crippen LogP contribution in [0, 0.1) is 5.82 Å². The third-order valence-electron chi connectivity index (χ3n) is 2.23. The normalized spacial score (nSPS) is 10.9. The van der Waals surface area contributed by atoms with E-state index in [4.69, 9.17) is 0 Å². The predicted octanol–water partition coefficient (Wildman–Crippen LogP) is 2.58. The lowest BCUT2D eigenvalue weighted by molar-refractivity contribution is 0.479. The average molecular weight is 179 g/mol. The Morgan fingerprint density at radius 2 is 2.23 bits per heavy atom. The van der Waals surface area contributed by atoms with Crippen LogP contribution in [-0.4, -0.2) is 10.1 Å². The second-order valence-electron chi connectivity index (χ2n) is 2.98. The minimum absolute atomic E-state index is 0.0936. The average Bonchev–Trinajstić information content (AvgIpc) is 2.56. The van der Waals surface area contributed by atoms with E-state index in [-0.39, 0.29) is 11.6 Å². The maximum Gasteiger partial charge on any atom is 0.139 e. The lowest BCUT2D eigenvalue weighted by atomic mass is 10.1. The maximum absolute atomic E-state index is 13.3. The highest BCUT2D eigenvalue weighted by atomic mass is 19.1. The second-order valence-corrected chi connectivity index (χ2v) is 2.98. The summed E-state index contributed by atoms with van der Waals surface area (Å²) in [5, 5.41) is 9.91. The van der Waals surface area contributed by atoms with E-state index < -0.39 is 0 Å². The molecular weight excluding hydrogens is 169 g/mol. The van der Waals surface area contributed by atoms with E-state index in [1.54, 1.807) is 6.20 Å². The van der Waals surface area contributed by atoms with Crippen molar-refractivity contribution in [2.75, 3.05) is 0 Å². The fourth-order valence-corrected chi connectivity index (χ4v) is 1.54. The van der Waals surface area contributed by atoms with E-state index in [1.165, 1.54) is 12.1 Å². The van der Waals surface area contributed by atoms with Crippen LogP contribution in [0.15, 0.2) is 18.3 Å². The number of aromatic amines is 1. The van der Waals surface area contributed by atoms with Crippen LogP contribution in [0.3, 0.4) is 0 Å². The molecule has 2 nitrogen and oxygen atoms in total. The van der Waals surface area contributed by atoms with E-state index in [0.29, 0.717) is 10.9 Å². The summed E-state index contributed by atoms with van der Waals surface area (Å²) in [6, 6.07) is 2.64. The number of phenols is 1. The van der Waals surface area contributed by atoms with Crippen molar-refractivity contribution in [2.45, 2.75) is 13.3 Å². The summed E-state index contributed by atoms with van der Waals surface area (Å²) in [7, 11) is 0. The lowest BCUT2D eigenvalue weighted by Gasteiger charge is -1.97. The summed E-state index contributed by atoms with van der Waals surface area (Å²) < 4.78 is 13.3. The van der Waals surface area contributed by atoms with Gasteiger partial charge in [0.15, 0.2) is 0 Å². The topological polar surface area (TPSA) is 36.0 Å². The maximum atomic E-state index is 13.3. The first-order valence-corrected chi connectivity index (χ1v) is 4.21. The number of aromatic hydroxyl groups is 1. The minimum Gasteiger partial charge on any atom is -0.506 e. The molecule has 2 aromatic rings. The van der Waals surface area contributed by atoms with Gasteiger partial charge in [-0.05, 0) is 24.1 Å². The molecule has 2 rings (SSSR count). The van der Waals surface area contributed by atoms with Crippen LogP contribution < -0.4 is 0 Å². The molecule has 0 aliphatic heterocycles. The Hall–Kier alpha value is -1.51. The van der Waals surface area contributed by atoms with Crippen molar-refractivity contribution in [3.63, 3.8) is 0 Å². The number of halogens is 1. The summed E-state index contributed by atoms with van der Waals surface area (Å²) in [5.74, 6) is -0.193. The largest absolute Gasteiger partial charge is 0.506 e. The minimum atomic E-state index is -0.286. The molecule has 0 saturated carbocycles. The number of phenolic OH excluding ortho intramolecular Hbond substituents is 1. The van der Waals surface area contributed by atoms with E-state index in [9.17, 15) is 9.50 Å². The highest BCUT2D eigenvalue weighted by molar-refractivity contribution is 5.88. The number of nitrogens with one attached hydrogen (secondary N) is 1. The van der Waals surface area contributed by atoms with Gasteiger partial charge >= 0.3 is 0 Å². The molecule has 0 unspecified atom stereocenters. The SMILES string of the molecule is CCc1c[nH]c2c(O)ccc(F)c12. The number of fused-ring (bicyclic) bond motifs is 1. The van der Waals surface area contributed by atoms with Crippen molar-refractivity contribution in [1.29, 1.82) is 0 Å². The number of aromatic nitrogens is 1. The molecule has 0 spiro atoms. The van der Waals surface area contributed by atoms with Crippen molar-refractivity contribution < 1.29 is 9.50 Å². The number of H-pyrrole nitrogens is 1. The molecule has 0 amide bonds. The van der Waals surface area contributed by atoms with Crippen LogP contribution >= 0.6 is 0 Å². The molecule has 0 radical (unpaired) electrons. The fourth-order valence-electron chi connectivity index (χ4n) is 1.54. The number of benzene rings is 1. The second kappa shape index (κ2) is 2.76. The standard InChI is InChI=1S/C10H10FNO/c1-2-6-5-12-10-8(13)4-3-7(11)9(6)10/h3-5,12-13H,2H2,1H3. The molecule has 0 bridgehead atoms. The van der Waals surface area contributed by atoms with Gasteiger partial charge in [0.1, 0.15) is 11.6 Å². The first-order chi connectivity index (χ1) is 6.24. The van der Waals surface area contributed by atoms with Crippen molar-refractivity contribution >= 4 is 10.9 Å². The summed E-state index contributed by atoms with van der Waals surface area (Å²) in [4.78, 5) is 2.86. The van der Waals surface area contributed by atoms with E-state index in [1.807, 2.05) is 6.92 Å². The Morgan fingerprint density at radius 1 is 1.46 bits per heavy atom. The van der Waals surface area contributed by atoms with Gasteiger partial charge in [-0.25, -0.2) is 4.39 Å². The number of rotatable bonds is 1. The number of hydrogen-bond acceptors (Lipinski definition) is 1. The van der Waals surface area contributed by atoms with Gasteiger partial charge in [0.2, 0.25) is 0 Å². The Morgan fingerprint density at radius 3 is 2.92 bits per heavy atom. The fraction of sp³-hybridized carbons (Fsp3) is 0.200. The van der Waals surface area contributed by atoms with Crippen LogP contribution in [0.25, 0.3) is 10.9 Å². The molecule has 1 heterocycles. The zero-order valence-electron chi connectivity index (χ0n) is 7.26. The number of aryl methyl sites for hydroxylation is 1. The van der Waals surface area contributed by atoms with Gasteiger partial charge in [-0.3, -0.25) is 0 Å². The van der Waals surface area contributed by atoms with Crippen molar-refractivity contribution in [3.05, 3.63) is 29.7 Å². The van der Waals surface area contributed by atoms with E-state index in [0.717, 1.165) is 12.0 Å². The molecule has 1 aromatic carbocycles. The third-order valence-corrected chi connectivity index (χ3v) is 2.23. The molecule has 0 aliphatic carbocycles. The predicted molar refractivity (Wildman–Crippen MR) is 49.3 cm³/mol. The summed E-state index contributed by atoms with van der Waals surface area (Å²) in [6.07, 6.45) is 2.48. The van der Waals surface area contributed by atoms with E-state index in [2.05, 4.69) is 4.98 Å². The molecular formula is C10H10FNO. The van der Waals surface area contributed by atoms with Gasteiger partial charge in [0.05, 0.1) is 5.52 Å². The van der Waals surface area contributed by atoms with Gasteiger partial charge in [-0.15, -0.1) is 0 Å². The third kappa shape index (κ3) is 1.08. The van der Waals surface area contributed by atoms with E-state index >= 15 is 0 Å². The van der Waals surface area contributed by atoms with Gasteiger partial charge in [-0.1, -0.05) is 6.92 Å². The smallest absolute Gasteiger partial charge is 0.139 e. The van der Waals surface area contributed by atoms with Crippen LogP contribution in [-0.2, 0) is 6.42 Å². The van der Waals surface area contributed by atoms with Gasteiger partial charge in [0, 0.05) is 11.6 Å².